The molecular formula is C16H9F2NO3. The Bertz CT molecular complexity index is 836. The molecule has 1 spiro atoms. The summed E-state index contributed by atoms with van der Waals surface area (Å²) in [4.78, 5) is 24.5. The molecule has 110 valence electrons. The van der Waals surface area contributed by atoms with Crippen LogP contribution in [0.5, 0.6) is 0 Å². The highest BCUT2D eigenvalue weighted by Gasteiger charge is 2.70. The van der Waals surface area contributed by atoms with Crippen molar-refractivity contribution < 1.29 is 23.1 Å². The van der Waals surface area contributed by atoms with Crippen LogP contribution < -0.4 is 5.32 Å². The lowest BCUT2D eigenvalue weighted by Crippen LogP contribution is -2.27. The minimum atomic E-state index is -1.47. The van der Waals surface area contributed by atoms with Crippen LogP contribution >= 0.6 is 0 Å². The SMILES string of the molecule is O=C(c1ccccc1F)[C@@H]1O[C@]12C(=O)Nc1cc(F)ccc12. The zero-order valence-electron chi connectivity index (χ0n) is 11.1. The third-order valence-electron chi connectivity index (χ3n) is 3.96. The van der Waals surface area contributed by atoms with E-state index >= 15 is 0 Å². The summed E-state index contributed by atoms with van der Waals surface area (Å²) in [5.41, 5.74) is -0.933. The Morgan fingerprint density at radius 2 is 1.95 bits per heavy atom. The number of Topliss-reactive ketones (excluding diaryl/α,β-unsaturated/α-hetero) is 1. The van der Waals surface area contributed by atoms with E-state index in [2.05, 4.69) is 5.32 Å². The molecule has 22 heavy (non-hydrogen) atoms. The summed E-state index contributed by atoms with van der Waals surface area (Å²) < 4.78 is 32.3. The zero-order chi connectivity index (χ0) is 15.5. The lowest BCUT2D eigenvalue weighted by atomic mass is 9.92. The molecule has 2 aromatic carbocycles. The summed E-state index contributed by atoms with van der Waals surface area (Å²) in [7, 11) is 0. The van der Waals surface area contributed by atoms with Gasteiger partial charge >= 0.3 is 0 Å². The number of nitrogens with one attached hydrogen (secondary N) is 1. The molecule has 1 saturated heterocycles. The molecule has 1 amide bonds. The molecule has 0 saturated carbocycles. The Labute approximate surface area is 123 Å². The van der Waals surface area contributed by atoms with Crippen LogP contribution in [0.3, 0.4) is 0 Å². The minimum Gasteiger partial charge on any atom is -0.342 e. The first kappa shape index (κ1) is 13.1. The molecule has 4 rings (SSSR count). The molecule has 2 atom stereocenters. The summed E-state index contributed by atoms with van der Waals surface area (Å²) in [6.07, 6.45) is -1.10. The van der Waals surface area contributed by atoms with E-state index in [1.807, 2.05) is 0 Å². The van der Waals surface area contributed by atoms with Gasteiger partial charge in [-0.05, 0) is 24.3 Å². The molecule has 0 radical (unpaired) electrons. The Hall–Kier alpha value is -2.60. The van der Waals surface area contributed by atoms with E-state index in [1.165, 1.54) is 36.4 Å². The fraction of sp³-hybridized carbons (Fsp3) is 0.125. The summed E-state index contributed by atoms with van der Waals surface area (Å²) in [5.74, 6) is -2.32. The van der Waals surface area contributed by atoms with Crippen LogP contribution in [-0.4, -0.2) is 17.8 Å². The van der Waals surface area contributed by atoms with Gasteiger partial charge in [0.2, 0.25) is 5.60 Å². The monoisotopic (exact) mass is 301 g/mol. The molecule has 0 aliphatic carbocycles. The molecule has 1 fully saturated rings. The fourth-order valence-corrected chi connectivity index (χ4v) is 2.85. The lowest BCUT2D eigenvalue weighted by Gasteiger charge is -2.03. The third-order valence-corrected chi connectivity index (χ3v) is 3.96. The first-order valence-electron chi connectivity index (χ1n) is 6.62. The number of halogens is 2. The van der Waals surface area contributed by atoms with Crippen LogP contribution in [0, 0.1) is 11.6 Å². The van der Waals surface area contributed by atoms with Crippen LogP contribution in [-0.2, 0) is 15.1 Å². The van der Waals surface area contributed by atoms with E-state index in [4.69, 9.17) is 4.74 Å². The Morgan fingerprint density at radius 3 is 2.73 bits per heavy atom. The number of ether oxygens (including phenoxy) is 1. The van der Waals surface area contributed by atoms with Gasteiger partial charge in [-0.3, -0.25) is 9.59 Å². The number of fused-ring (bicyclic) bond motifs is 2. The maximum absolute atomic E-state index is 13.7. The number of epoxide rings is 1. The zero-order valence-corrected chi connectivity index (χ0v) is 11.1. The highest BCUT2D eigenvalue weighted by atomic mass is 19.1. The van der Waals surface area contributed by atoms with Crippen molar-refractivity contribution in [3.63, 3.8) is 0 Å². The Balaban J connectivity index is 1.74. The number of hydrogen-bond acceptors (Lipinski definition) is 3. The molecule has 2 aliphatic rings. The summed E-state index contributed by atoms with van der Waals surface area (Å²) in [5, 5.41) is 2.49. The molecule has 0 unspecified atom stereocenters. The van der Waals surface area contributed by atoms with Gasteiger partial charge in [-0.1, -0.05) is 18.2 Å². The molecule has 2 heterocycles. The number of ketones is 1. The predicted octanol–water partition coefficient (Wildman–Crippen LogP) is 2.39. The number of anilines is 1. The first-order valence-corrected chi connectivity index (χ1v) is 6.62. The average molecular weight is 301 g/mol. The predicted molar refractivity (Wildman–Crippen MR) is 72.3 cm³/mol. The quantitative estimate of drug-likeness (QED) is 0.684. The second-order valence-corrected chi connectivity index (χ2v) is 5.22. The van der Waals surface area contributed by atoms with Crippen LogP contribution in [0.2, 0.25) is 0 Å². The van der Waals surface area contributed by atoms with Crippen molar-refractivity contribution in [2.24, 2.45) is 0 Å². The normalized spacial score (nSPS) is 25.0. The third kappa shape index (κ3) is 1.58. The van der Waals surface area contributed by atoms with E-state index in [-0.39, 0.29) is 11.3 Å². The van der Waals surface area contributed by atoms with E-state index in [1.54, 1.807) is 0 Å². The number of benzene rings is 2. The standard InChI is InChI=1S/C16H9F2NO3/c17-8-5-6-10-12(7-8)19-15(21)16(10)14(22-16)13(20)9-3-1-2-4-11(9)18/h1-7,14H,(H,19,21)/t14-,16-/m0/s1. The van der Waals surface area contributed by atoms with Gasteiger partial charge in [-0.2, -0.15) is 0 Å². The highest BCUT2D eigenvalue weighted by Crippen LogP contribution is 2.54. The molecular weight excluding hydrogens is 292 g/mol. The number of hydrogen-bond donors (Lipinski definition) is 1. The van der Waals surface area contributed by atoms with Gasteiger partial charge in [0.15, 0.2) is 11.9 Å². The van der Waals surface area contributed by atoms with Gasteiger partial charge in [0.05, 0.1) is 11.3 Å². The van der Waals surface area contributed by atoms with Gasteiger partial charge in [0, 0.05) is 5.56 Å². The Kier molecular flexibility index (Phi) is 2.50. The fourth-order valence-electron chi connectivity index (χ4n) is 2.85. The molecule has 4 nitrogen and oxygen atoms in total. The molecule has 0 aromatic heterocycles. The van der Waals surface area contributed by atoms with Crippen molar-refractivity contribution >= 4 is 17.4 Å². The maximum Gasteiger partial charge on any atom is 0.264 e. The second kappa shape index (κ2) is 4.20. The topological polar surface area (TPSA) is 58.7 Å². The summed E-state index contributed by atoms with van der Waals surface area (Å²) in [6, 6.07) is 9.25. The van der Waals surface area contributed by atoms with Crippen molar-refractivity contribution in [3.05, 3.63) is 65.2 Å². The minimum absolute atomic E-state index is 0.132. The largest absolute Gasteiger partial charge is 0.342 e. The van der Waals surface area contributed by atoms with Crippen LogP contribution in [0.15, 0.2) is 42.5 Å². The number of carbonyl (C=O) groups excluding carboxylic acids is 2. The maximum atomic E-state index is 13.7. The van der Waals surface area contributed by atoms with E-state index in [0.717, 1.165) is 6.07 Å². The van der Waals surface area contributed by atoms with Gasteiger partial charge in [-0.25, -0.2) is 8.78 Å². The van der Waals surface area contributed by atoms with Crippen LogP contribution in [0.4, 0.5) is 14.5 Å². The van der Waals surface area contributed by atoms with Crippen molar-refractivity contribution in [1.29, 1.82) is 0 Å². The van der Waals surface area contributed by atoms with Crippen molar-refractivity contribution in [2.45, 2.75) is 11.7 Å². The van der Waals surface area contributed by atoms with Crippen molar-refractivity contribution in [2.75, 3.05) is 5.32 Å². The molecule has 1 N–H and O–H groups in total. The molecule has 2 aliphatic heterocycles. The summed E-state index contributed by atoms with van der Waals surface area (Å²) in [6.45, 7) is 0. The van der Waals surface area contributed by atoms with Crippen molar-refractivity contribution in [1.82, 2.24) is 0 Å². The number of rotatable bonds is 2. The molecule has 6 heteroatoms. The van der Waals surface area contributed by atoms with E-state index < -0.39 is 35.0 Å². The van der Waals surface area contributed by atoms with Gasteiger partial charge in [0.25, 0.3) is 5.91 Å². The smallest absolute Gasteiger partial charge is 0.264 e. The summed E-state index contributed by atoms with van der Waals surface area (Å²) >= 11 is 0. The highest BCUT2D eigenvalue weighted by molar-refractivity contribution is 6.15. The van der Waals surface area contributed by atoms with E-state index in [0.29, 0.717) is 5.56 Å². The van der Waals surface area contributed by atoms with Crippen molar-refractivity contribution in [3.8, 4) is 0 Å². The molecule has 0 bridgehead atoms. The first-order chi connectivity index (χ1) is 10.5. The van der Waals surface area contributed by atoms with Crippen LogP contribution in [0.1, 0.15) is 15.9 Å². The van der Waals surface area contributed by atoms with Crippen LogP contribution in [0.25, 0.3) is 0 Å². The van der Waals surface area contributed by atoms with E-state index in [9.17, 15) is 18.4 Å². The number of carbonyl (C=O) groups is 2. The average Bonchev–Trinajstić information content (AvgIpc) is 3.17. The van der Waals surface area contributed by atoms with Gasteiger partial charge in [0.1, 0.15) is 11.6 Å². The second-order valence-electron chi connectivity index (χ2n) is 5.22. The van der Waals surface area contributed by atoms with Gasteiger partial charge in [-0.15, -0.1) is 0 Å². The Morgan fingerprint density at radius 1 is 1.18 bits per heavy atom. The number of amides is 1. The lowest BCUT2D eigenvalue weighted by molar-refractivity contribution is -0.120. The molecule has 2 aromatic rings. The van der Waals surface area contributed by atoms with Gasteiger partial charge < -0.3 is 10.1 Å².